The molecule has 0 atom stereocenters. The molecule has 0 aromatic heterocycles. The van der Waals surface area contributed by atoms with Crippen molar-refractivity contribution in [3.8, 4) is 5.75 Å². The number of nitro benzene ring substituents is 1. The number of carbonyl (C=O) groups excluding carboxylic acids is 1. The van der Waals surface area contributed by atoms with E-state index in [0.717, 1.165) is 0 Å². The van der Waals surface area contributed by atoms with Crippen LogP contribution in [0.5, 0.6) is 5.75 Å². The van der Waals surface area contributed by atoms with E-state index in [-0.39, 0.29) is 12.3 Å². The highest BCUT2D eigenvalue weighted by molar-refractivity contribution is 5.91. The Balaban J connectivity index is 1.94. The van der Waals surface area contributed by atoms with Gasteiger partial charge in [-0.15, -0.1) is 0 Å². The van der Waals surface area contributed by atoms with Gasteiger partial charge in [0.2, 0.25) is 0 Å². The molecule has 1 N–H and O–H groups in total. The molecule has 0 saturated heterocycles. The third kappa shape index (κ3) is 4.02. The van der Waals surface area contributed by atoms with Crippen LogP contribution in [0.3, 0.4) is 0 Å². The van der Waals surface area contributed by atoms with Crippen molar-refractivity contribution in [1.82, 2.24) is 0 Å². The van der Waals surface area contributed by atoms with Gasteiger partial charge in [0.15, 0.2) is 6.61 Å². The summed E-state index contributed by atoms with van der Waals surface area (Å²) in [5.41, 5.74) is 0.748. The SMILES string of the molecule is Cc1cc(OCC(=O)Nc2cccc(F)c2)ccc1[N+](=O)[O-]. The van der Waals surface area contributed by atoms with E-state index >= 15 is 0 Å². The maximum absolute atomic E-state index is 13.0. The number of nitrogens with one attached hydrogen (secondary N) is 1. The van der Waals surface area contributed by atoms with Crippen LogP contribution in [0.1, 0.15) is 5.56 Å². The Hall–Kier alpha value is -2.96. The second-order valence-corrected chi connectivity index (χ2v) is 4.55. The van der Waals surface area contributed by atoms with Crippen molar-refractivity contribution in [3.05, 3.63) is 64.0 Å². The molecule has 6 nitrogen and oxygen atoms in total. The lowest BCUT2D eigenvalue weighted by atomic mass is 10.2. The van der Waals surface area contributed by atoms with Gasteiger partial charge in [0.1, 0.15) is 11.6 Å². The van der Waals surface area contributed by atoms with Gasteiger partial charge in [-0.1, -0.05) is 6.07 Å². The lowest BCUT2D eigenvalue weighted by molar-refractivity contribution is -0.385. The molecule has 2 aromatic carbocycles. The topological polar surface area (TPSA) is 81.5 Å². The van der Waals surface area contributed by atoms with E-state index in [4.69, 9.17) is 4.74 Å². The molecule has 0 saturated carbocycles. The van der Waals surface area contributed by atoms with Crippen LogP contribution in [0.15, 0.2) is 42.5 Å². The van der Waals surface area contributed by atoms with Crippen LogP contribution in [0.25, 0.3) is 0 Å². The normalized spacial score (nSPS) is 10.1. The molecule has 0 unspecified atom stereocenters. The lowest BCUT2D eigenvalue weighted by Crippen LogP contribution is -2.20. The summed E-state index contributed by atoms with van der Waals surface area (Å²) in [5.74, 6) is -0.566. The third-order valence-electron chi connectivity index (χ3n) is 2.84. The van der Waals surface area contributed by atoms with E-state index in [2.05, 4.69) is 5.32 Å². The summed E-state index contributed by atoms with van der Waals surface area (Å²) in [4.78, 5) is 21.9. The Morgan fingerprint density at radius 1 is 1.32 bits per heavy atom. The molecule has 0 radical (unpaired) electrons. The first-order valence-corrected chi connectivity index (χ1v) is 6.39. The predicted octanol–water partition coefficient (Wildman–Crippen LogP) is 3.06. The third-order valence-corrected chi connectivity index (χ3v) is 2.84. The molecule has 0 aliphatic heterocycles. The summed E-state index contributed by atoms with van der Waals surface area (Å²) < 4.78 is 18.2. The van der Waals surface area contributed by atoms with Gasteiger partial charge in [0.25, 0.3) is 11.6 Å². The zero-order chi connectivity index (χ0) is 16.1. The van der Waals surface area contributed by atoms with Gasteiger partial charge in [-0.25, -0.2) is 4.39 Å². The van der Waals surface area contributed by atoms with Crippen LogP contribution < -0.4 is 10.1 Å². The number of anilines is 1. The maximum atomic E-state index is 13.0. The first-order valence-electron chi connectivity index (χ1n) is 6.39. The highest BCUT2D eigenvalue weighted by Gasteiger charge is 2.11. The molecular weight excluding hydrogens is 291 g/mol. The molecule has 0 bridgehead atoms. The lowest BCUT2D eigenvalue weighted by Gasteiger charge is -2.08. The van der Waals surface area contributed by atoms with Crippen molar-refractivity contribution in [2.75, 3.05) is 11.9 Å². The van der Waals surface area contributed by atoms with E-state index in [1.807, 2.05) is 0 Å². The number of amides is 1. The fourth-order valence-electron chi connectivity index (χ4n) is 1.83. The van der Waals surface area contributed by atoms with Crippen LogP contribution in [-0.4, -0.2) is 17.4 Å². The second kappa shape index (κ2) is 6.66. The number of hydrogen-bond acceptors (Lipinski definition) is 4. The number of hydrogen-bond donors (Lipinski definition) is 1. The van der Waals surface area contributed by atoms with Crippen LogP contribution in [0.4, 0.5) is 15.8 Å². The minimum Gasteiger partial charge on any atom is -0.484 e. The van der Waals surface area contributed by atoms with Gasteiger partial charge in [0.05, 0.1) is 4.92 Å². The van der Waals surface area contributed by atoms with Crippen molar-refractivity contribution in [2.24, 2.45) is 0 Å². The van der Waals surface area contributed by atoms with E-state index in [1.54, 1.807) is 13.0 Å². The summed E-state index contributed by atoms with van der Waals surface area (Å²) in [6.07, 6.45) is 0. The number of ether oxygens (including phenoxy) is 1. The first-order chi connectivity index (χ1) is 10.5. The Bertz CT molecular complexity index is 718. The summed E-state index contributed by atoms with van der Waals surface area (Å²) >= 11 is 0. The molecule has 1 amide bonds. The zero-order valence-electron chi connectivity index (χ0n) is 11.7. The standard InChI is InChI=1S/C15H13FN2O4/c1-10-7-13(5-6-14(10)18(20)21)22-9-15(19)17-12-4-2-3-11(16)8-12/h2-8H,9H2,1H3,(H,17,19). The molecular formula is C15H13FN2O4. The fourth-order valence-corrected chi connectivity index (χ4v) is 1.83. The van der Waals surface area contributed by atoms with E-state index in [0.29, 0.717) is 17.0 Å². The Morgan fingerprint density at radius 2 is 2.09 bits per heavy atom. The van der Waals surface area contributed by atoms with Crippen molar-refractivity contribution in [3.63, 3.8) is 0 Å². The molecule has 0 heterocycles. The van der Waals surface area contributed by atoms with E-state index < -0.39 is 16.6 Å². The van der Waals surface area contributed by atoms with Crippen LogP contribution in [-0.2, 0) is 4.79 Å². The van der Waals surface area contributed by atoms with Gasteiger partial charge in [-0.2, -0.15) is 0 Å². The van der Waals surface area contributed by atoms with Crippen LogP contribution in [0.2, 0.25) is 0 Å². The fraction of sp³-hybridized carbons (Fsp3) is 0.133. The Labute approximate surface area is 125 Å². The molecule has 0 aliphatic rings. The summed E-state index contributed by atoms with van der Waals surface area (Å²) in [6.45, 7) is 1.30. The quantitative estimate of drug-likeness (QED) is 0.680. The number of rotatable bonds is 5. The second-order valence-electron chi connectivity index (χ2n) is 4.55. The monoisotopic (exact) mass is 304 g/mol. The van der Waals surface area contributed by atoms with E-state index in [1.165, 1.54) is 36.4 Å². The largest absolute Gasteiger partial charge is 0.484 e. The maximum Gasteiger partial charge on any atom is 0.272 e. The summed E-state index contributed by atoms with van der Waals surface area (Å²) in [7, 11) is 0. The molecule has 2 rings (SSSR count). The molecule has 0 aliphatic carbocycles. The summed E-state index contributed by atoms with van der Waals surface area (Å²) in [6, 6.07) is 9.70. The van der Waals surface area contributed by atoms with Gasteiger partial charge in [0, 0.05) is 17.3 Å². The van der Waals surface area contributed by atoms with Gasteiger partial charge in [-0.3, -0.25) is 14.9 Å². The zero-order valence-corrected chi connectivity index (χ0v) is 11.7. The number of aryl methyl sites for hydroxylation is 1. The molecule has 2 aromatic rings. The van der Waals surface area contributed by atoms with Crippen LogP contribution in [0, 0.1) is 22.9 Å². The average molecular weight is 304 g/mol. The predicted molar refractivity (Wildman–Crippen MR) is 78.4 cm³/mol. The minimum atomic E-state index is -0.490. The number of nitro groups is 1. The first kappa shape index (κ1) is 15.4. The van der Waals surface area contributed by atoms with Gasteiger partial charge in [-0.05, 0) is 37.3 Å². The number of carbonyl (C=O) groups is 1. The highest BCUT2D eigenvalue weighted by Crippen LogP contribution is 2.23. The van der Waals surface area contributed by atoms with Crippen molar-refractivity contribution in [1.29, 1.82) is 0 Å². The minimum absolute atomic E-state index is 0.0171. The van der Waals surface area contributed by atoms with Gasteiger partial charge < -0.3 is 10.1 Å². The molecule has 0 spiro atoms. The van der Waals surface area contributed by atoms with Crippen molar-refractivity contribution in [2.45, 2.75) is 6.92 Å². The van der Waals surface area contributed by atoms with Crippen molar-refractivity contribution < 1.29 is 18.8 Å². The van der Waals surface area contributed by atoms with Crippen molar-refractivity contribution >= 4 is 17.3 Å². The van der Waals surface area contributed by atoms with E-state index in [9.17, 15) is 19.3 Å². The Morgan fingerprint density at radius 3 is 2.73 bits per heavy atom. The van der Waals surface area contributed by atoms with Crippen LogP contribution >= 0.6 is 0 Å². The molecule has 22 heavy (non-hydrogen) atoms. The Kier molecular flexibility index (Phi) is 4.67. The average Bonchev–Trinajstić information content (AvgIpc) is 2.45. The number of halogens is 1. The molecule has 0 fully saturated rings. The molecule has 7 heteroatoms. The van der Waals surface area contributed by atoms with Gasteiger partial charge >= 0.3 is 0 Å². The number of nitrogens with zero attached hydrogens (tertiary/aromatic N) is 1. The molecule has 114 valence electrons. The smallest absolute Gasteiger partial charge is 0.272 e. The highest BCUT2D eigenvalue weighted by atomic mass is 19.1. The number of benzene rings is 2. The summed E-state index contributed by atoms with van der Waals surface area (Å²) in [5, 5.41) is 13.2.